The van der Waals surface area contributed by atoms with Crippen LogP contribution in [0.25, 0.3) is 0 Å². The number of carboxylic acids is 1. The molecule has 0 aromatic carbocycles. The molecule has 21 heavy (non-hydrogen) atoms. The third-order valence-corrected chi connectivity index (χ3v) is 4.08. The largest absolute Gasteiger partial charge is 0.477 e. The maximum absolute atomic E-state index is 12.7. The number of carboxylic acid groups (broad SMARTS) is 1. The van der Waals surface area contributed by atoms with Crippen LogP contribution in [0.2, 0.25) is 0 Å². The van der Waals surface area contributed by atoms with E-state index < -0.39 is 5.97 Å². The third kappa shape index (κ3) is 3.60. The van der Waals surface area contributed by atoms with Gasteiger partial charge in [0.05, 0.1) is 0 Å². The number of carbonyl (C=O) groups excluding carboxylic acids is 1. The van der Waals surface area contributed by atoms with Crippen molar-refractivity contribution in [3.8, 4) is 0 Å². The molecule has 0 atom stereocenters. The van der Waals surface area contributed by atoms with Crippen molar-refractivity contribution in [2.24, 2.45) is 11.3 Å². The number of nitrogens with zero attached hydrogens (tertiary/aromatic N) is 1. The highest BCUT2D eigenvalue weighted by atomic mass is 16.4. The minimum atomic E-state index is -1.09. The fourth-order valence-electron chi connectivity index (χ4n) is 3.25. The summed E-state index contributed by atoms with van der Waals surface area (Å²) < 4.78 is 0. The molecule has 1 aliphatic carbocycles. The molecule has 1 saturated carbocycles. The van der Waals surface area contributed by atoms with Gasteiger partial charge in [-0.25, -0.2) is 9.78 Å². The molecule has 1 amide bonds. The van der Waals surface area contributed by atoms with Gasteiger partial charge >= 0.3 is 5.97 Å². The Morgan fingerprint density at radius 1 is 1.38 bits per heavy atom. The van der Waals surface area contributed by atoms with Gasteiger partial charge in [0.1, 0.15) is 5.69 Å². The summed E-state index contributed by atoms with van der Waals surface area (Å²) in [6, 6.07) is 3.03. The highest BCUT2D eigenvalue weighted by Crippen LogP contribution is 2.44. The maximum Gasteiger partial charge on any atom is 0.354 e. The lowest BCUT2D eigenvalue weighted by molar-refractivity contribution is -0.126. The first-order valence-electron chi connectivity index (χ1n) is 7.44. The van der Waals surface area contributed by atoms with Crippen LogP contribution in [0.3, 0.4) is 0 Å². The van der Waals surface area contributed by atoms with Crippen LogP contribution < -0.4 is 5.32 Å². The number of aromatic nitrogens is 1. The quantitative estimate of drug-likeness (QED) is 0.871. The van der Waals surface area contributed by atoms with Crippen LogP contribution >= 0.6 is 0 Å². The van der Waals surface area contributed by atoms with Crippen molar-refractivity contribution < 1.29 is 14.7 Å². The molecule has 2 N–H and O–H groups in total. The first-order chi connectivity index (χ1) is 9.93. The predicted molar refractivity (Wildman–Crippen MR) is 80.2 cm³/mol. The lowest BCUT2D eigenvalue weighted by Crippen LogP contribution is -2.35. The Morgan fingerprint density at radius 3 is 2.62 bits per heavy atom. The third-order valence-electron chi connectivity index (χ3n) is 4.08. The second kappa shape index (κ2) is 6.24. The normalized spacial score (nSPS) is 16.9. The zero-order chi connectivity index (χ0) is 15.5. The SMILES string of the molecule is CC(C)CC1(C(=O)Nc2ccnc(C(=O)O)c2)CCCC1. The van der Waals surface area contributed by atoms with E-state index in [1.807, 2.05) is 0 Å². The number of nitrogens with one attached hydrogen (secondary N) is 1. The average Bonchev–Trinajstić information content (AvgIpc) is 2.88. The first-order valence-corrected chi connectivity index (χ1v) is 7.44. The Morgan fingerprint density at radius 2 is 2.05 bits per heavy atom. The molecule has 1 aliphatic rings. The molecular weight excluding hydrogens is 268 g/mol. The van der Waals surface area contributed by atoms with Crippen molar-refractivity contribution in [1.82, 2.24) is 4.98 Å². The summed E-state index contributed by atoms with van der Waals surface area (Å²) in [5, 5.41) is 11.8. The molecule has 5 heteroatoms. The average molecular weight is 290 g/mol. The van der Waals surface area contributed by atoms with Crippen LogP contribution in [0.4, 0.5) is 5.69 Å². The minimum absolute atomic E-state index is 0.0104. The van der Waals surface area contributed by atoms with E-state index in [2.05, 4.69) is 24.1 Å². The molecular formula is C16H22N2O3. The van der Waals surface area contributed by atoms with Gasteiger partial charge in [-0.2, -0.15) is 0 Å². The fraction of sp³-hybridized carbons (Fsp3) is 0.562. The van der Waals surface area contributed by atoms with Crippen LogP contribution in [0, 0.1) is 11.3 Å². The molecule has 1 fully saturated rings. The molecule has 0 saturated heterocycles. The number of anilines is 1. The number of rotatable bonds is 5. The standard InChI is InChI=1S/C16H22N2O3/c1-11(2)10-16(6-3-4-7-16)15(21)18-12-5-8-17-13(9-12)14(19)20/h5,8-9,11H,3-4,6-7,10H2,1-2H3,(H,19,20)(H,17,18,21). The molecule has 0 aliphatic heterocycles. The molecule has 0 radical (unpaired) electrons. The Kier molecular flexibility index (Phi) is 4.60. The molecule has 5 nitrogen and oxygen atoms in total. The van der Waals surface area contributed by atoms with Crippen molar-refractivity contribution in [3.63, 3.8) is 0 Å². The number of carbonyl (C=O) groups is 2. The van der Waals surface area contributed by atoms with Crippen molar-refractivity contribution in [2.45, 2.75) is 46.0 Å². The number of amides is 1. The molecule has 1 aromatic rings. The van der Waals surface area contributed by atoms with Gasteiger partial charge in [0.25, 0.3) is 0 Å². The van der Waals surface area contributed by atoms with E-state index in [1.165, 1.54) is 12.3 Å². The second-order valence-electron chi connectivity index (χ2n) is 6.27. The molecule has 0 unspecified atom stereocenters. The van der Waals surface area contributed by atoms with E-state index in [9.17, 15) is 9.59 Å². The van der Waals surface area contributed by atoms with Gasteiger partial charge in [-0.3, -0.25) is 4.79 Å². The van der Waals surface area contributed by atoms with E-state index in [1.54, 1.807) is 6.07 Å². The van der Waals surface area contributed by atoms with Crippen molar-refractivity contribution >= 4 is 17.6 Å². The zero-order valence-corrected chi connectivity index (χ0v) is 12.6. The number of hydrogen-bond donors (Lipinski definition) is 2. The van der Waals surface area contributed by atoms with E-state index >= 15 is 0 Å². The van der Waals surface area contributed by atoms with Gasteiger partial charge in [0, 0.05) is 17.3 Å². The van der Waals surface area contributed by atoms with Gasteiger partial charge in [-0.1, -0.05) is 26.7 Å². The molecule has 114 valence electrons. The number of hydrogen-bond acceptors (Lipinski definition) is 3. The highest BCUT2D eigenvalue weighted by Gasteiger charge is 2.41. The summed E-state index contributed by atoms with van der Waals surface area (Å²) in [4.78, 5) is 27.4. The van der Waals surface area contributed by atoms with Gasteiger partial charge in [0.2, 0.25) is 5.91 Å². The monoisotopic (exact) mass is 290 g/mol. The minimum Gasteiger partial charge on any atom is -0.477 e. The van der Waals surface area contributed by atoms with Crippen LogP contribution in [0.1, 0.15) is 56.4 Å². The number of aromatic carboxylic acids is 1. The van der Waals surface area contributed by atoms with Crippen LogP contribution in [0.5, 0.6) is 0 Å². The highest BCUT2D eigenvalue weighted by molar-refractivity contribution is 5.96. The summed E-state index contributed by atoms with van der Waals surface area (Å²) in [5.74, 6) is -0.624. The van der Waals surface area contributed by atoms with E-state index in [0.717, 1.165) is 32.1 Å². The first kappa shape index (κ1) is 15.5. The Hall–Kier alpha value is -1.91. The van der Waals surface area contributed by atoms with Gasteiger partial charge in [0.15, 0.2) is 0 Å². The lowest BCUT2D eigenvalue weighted by Gasteiger charge is -2.29. The summed E-state index contributed by atoms with van der Waals surface area (Å²) in [7, 11) is 0. The Labute approximate surface area is 124 Å². The Balaban J connectivity index is 2.15. The van der Waals surface area contributed by atoms with Gasteiger partial charge in [-0.05, 0) is 37.3 Å². The van der Waals surface area contributed by atoms with Crippen molar-refractivity contribution in [3.05, 3.63) is 24.0 Å². The lowest BCUT2D eigenvalue weighted by atomic mass is 9.77. The van der Waals surface area contributed by atoms with E-state index in [-0.39, 0.29) is 17.0 Å². The van der Waals surface area contributed by atoms with Crippen molar-refractivity contribution in [2.75, 3.05) is 5.32 Å². The van der Waals surface area contributed by atoms with Crippen LogP contribution in [-0.2, 0) is 4.79 Å². The maximum atomic E-state index is 12.7. The molecule has 1 aromatic heterocycles. The zero-order valence-electron chi connectivity index (χ0n) is 12.6. The summed E-state index contributed by atoms with van der Waals surface area (Å²) in [6.07, 6.45) is 6.26. The van der Waals surface area contributed by atoms with Crippen molar-refractivity contribution in [1.29, 1.82) is 0 Å². The molecule has 1 heterocycles. The molecule has 0 bridgehead atoms. The summed E-state index contributed by atoms with van der Waals surface area (Å²) in [6.45, 7) is 4.25. The summed E-state index contributed by atoms with van der Waals surface area (Å²) in [5.41, 5.74) is 0.139. The smallest absolute Gasteiger partial charge is 0.354 e. The number of pyridine rings is 1. The molecule has 0 spiro atoms. The van der Waals surface area contributed by atoms with Crippen LogP contribution in [0.15, 0.2) is 18.3 Å². The van der Waals surface area contributed by atoms with Crippen LogP contribution in [-0.4, -0.2) is 22.0 Å². The predicted octanol–water partition coefficient (Wildman–Crippen LogP) is 3.32. The Bertz CT molecular complexity index is 534. The van der Waals surface area contributed by atoms with E-state index in [0.29, 0.717) is 11.6 Å². The topological polar surface area (TPSA) is 79.3 Å². The van der Waals surface area contributed by atoms with Gasteiger partial charge in [-0.15, -0.1) is 0 Å². The van der Waals surface area contributed by atoms with E-state index in [4.69, 9.17) is 5.11 Å². The molecule has 2 rings (SSSR count). The second-order valence-corrected chi connectivity index (χ2v) is 6.27. The van der Waals surface area contributed by atoms with Gasteiger partial charge < -0.3 is 10.4 Å². The summed E-state index contributed by atoms with van der Waals surface area (Å²) >= 11 is 0. The fourth-order valence-corrected chi connectivity index (χ4v) is 3.25.